The van der Waals surface area contributed by atoms with Gasteiger partial charge >= 0.3 is 47.8 Å². The number of likely N-dealkylation sites (tertiary alicyclic amines) is 1. The minimum atomic E-state index is -1.05. The lowest BCUT2D eigenvalue weighted by Gasteiger charge is -2.35. The third kappa shape index (κ3) is 25.0. The summed E-state index contributed by atoms with van der Waals surface area (Å²) < 4.78 is 84.8. The number of esters is 4. The molecule has 7 unspecified atom stereocenters. The number of carboxylic acid groups (broad SMARTS) is 4. The Balaban J connectivity index is 0.000000153. The number of benzene rings is 4. The van der Waals surface area contributed by atoms with Crippen LogP contribution in [-0.2, 0) is 71.5 Å². The van der Waals surface area contributed by atoms with Crippen LogP contribution < -0.4 is 21.3 Å². The van der Waals surface area contributed by atoms with Gasteiger partial charge < -0.3 is 74.9 Å². The molecule has 4 aromatic heterocycles. The summed E-state index contributed by atoms with van der Waals surface area (Å²) >= 11 is 24.3. The lowest BCUT2D eigenvalue weighted by molar-refractivity contribution is -0.156. The monoisotopic (exact) mass is 2130 g/mol. The number of halogens is 8. The molecule has 0 bridgehead atoms. The van der Waals surface area contributed by atoms with Crippen LogP contribution in [0.25, 0.3) is 0 Å². The third-order valence-corrected chi connectivity index (χ3v) is 25.6. The summed E-state index contributed by atoms with van der Waals surface area (Å²) in [5.74, 6) is -6.09. The van der Waals surface area contributed by atoms with Crippen LogP contribution in [0.5, 0.6) is 0 Å². The number of nitrogens with zero attached hydrogens (tertiary/aromatic N) is 15. The first kappa shape index (κ1) is 102. The average molecular weight is 2130 g/mol. The highest BCUT2D eigenvalue weighted by Gasteiger charge is 2.44. The number of morpholine rings is 3. The summed E-state index contributed by atoms with van der Waals surface area (Å²) in [5, 5.41) is 65.2. The zero-order valence-electron chi connectivity index (χ0n) is 73.5. The van der Waals surface area contributed by atoms with Gasteiger partial charge in [-0.15, -0.1) is 11.3 Å². The minimum absolute atomic E-state index is 0.0321. The van der Waals surface area contributed by atoms with Crippen LogP contribution in [0.1, 0.15) is 96.8 Å². The highest BCUT2D eigenvalue weighted by atomic mass is 79.9. The number of rotatable bonds is 25. The maximum Gasteiger partial charge on any atom is 0.338 e. The van der Waals surface area contributed by atoms with Crippen molar-refractivity contribution in [2.75, 3.05) is 118 Å². The molecule has 38 nitrogen and oxygen atoms in total. The summed E-state index contributed by atoms with van der Waals surface area (Å²) in [6, 6.07) is 17.0. The number of carbonyl (C=O) groups excluding carboxylic acids is 4. The van der Waals surface area contributed by atoms with E-state index in [0.717, 1.165) is 11.3 Å². The van der Waals surface area contributed by atoms with Crippen molar-refractivity contribution in [3.05, 3.63) is 253 Å². The number of aryl methyl sites for hydroxylation is 1. The quantitative estimate of drug-likeness (QED) is 0.0195. The van der Waals surface area contributed by atoms with Gasteiger partial charge in [-0.1, -0.05) is 95.3 Å². The lowest BCUT2D eigenvalue weighted by atomic mass is 9.95. The van der Waals surface area contributed by atoms with E-state index in [1.807, 2.05) is 16.7 Å². The van der Waals surface area contributed by atoms with E-state index in [0.29, 0.717) is 143 Å². The molecule has 8 atom stereocenters. The molecule has 16 rings (SSSR count). The maximum absolute atomic E-state index is 13.8. The van der Waals surface area contributed by atoms with Crippen LogP contribution in [0.3, 0.4) is 0 Å². The predicted molar refractivity (Wildman–Crippen MR) is 499 cm³/mol. The van der Waals surface area contributed by atoms with E-state index in [9.17, 15) is 72.0 Å². The van der Waals surface area contributed by atoms with Crippen LogP contribution in [0.2, 0.25) is 10.0 Å². The van der Waals surface area contributed by atoms with Gasteiger partial charge in [0.05, 0.1) is 81.8 Å². The standard InChI is InChI=1S/C23H24Cl2N4O5S.2C22H23BrFN5O5.C22H23BrFN5O4/c1-3-34-23(32)18-16(10-29-6-7-33-11-17(29)22(30)31)27-20(21-26-9-12(2)35-21)28-19(18)14-5-4-13(24)8-15(14)25;1-2-34-21(32)18-16(11-28-8-9-33-12-17(28)20(30)31)26-22(29-7-3-6-25-29)27-19(18)14-5-4-13(24)10-15(14)23;1-2-33-21(32)18-16(11-28-8-9-34-17(12-28)20(30)31)26-22(29-7-3-6-25-29)27-19(18)14-5-4-13(24)10-15(14)23;1-2-33-21(32)18-16(12-28-9-3-5-17(28)20(30)31)26-22(29-10-4-8-25-29)27-19(18)14-7-6-13(24)11-15(14)23/h4-5,8-9,17,19H,3,6-7,10-11H2,1-2H3,(H,27,28)(H,30,31);2*3-7,10,17,19H,2,8-9,11-12H2,1H3,(H,26,27)(H,30,31);4,6-8,10-11,17,19H,2-3,5,9,12H2,1H3,(H,26,27)(H,30,31)/t;;;17-,19?/m...0/s1. The first-order chi connectivity index (χ1) is 65.4. The van der Waals surface area contributed by atoms with E-state index < -0.39 is 114 Å². The van der Waals surface area contributed by atoms with Crippen LogP contribution in [0, 0.1) is 24.4 Å². The molecule has 0 aliphatic carbocycles. The molecule has 4 fully saturated rings. The molecule has 0 saturated carbocycles. The number of aromatic nitrogens is 7. The van der Waals surface area contributed by atoms with Gasteiger partial charge in [-0.25, -0.2) is 71.2 Å². The first-order valence-corrected chi connectivity index (χ1v) is 46.7. The van der Waals surface area contributed by atoms with Crippen molar-refractivity contribution in [2.45, 2.75) is 95.9 Å². The number of hydrogen-bond donors (Lipinski definition) is 8. The lowest BCUT2D eigenvalue weighted by Crippen LogP contribution is -2.52. The summed E-state index contributed by atoms with van der Waals surface area (Å²) in [6.45, 7) is 13.0. The van der Waals surface area contributed by atoms with Gasteiger partial charge in [0.2, 0.25) is 17.9 Å². The number of nitrogens with one attached hydrogen (secondary N) is 4. The van der Waals surface area contributed by atoms with E-state index in [-0.39, 0.29) is 101 Å². The Morgan fingerprint density at radius 1 is 0.485 bits per heavy atom. The molecule has 8 aliphatic rings. The van der Waals surface area contributed by atoms with Crippen LogP contribution in [-0.4, -0.2) is 288 Å². The maximum atomic E-state index is 13.8. The Bertz CT molecular complexity index is 6030. The smallest absolute Gasteiger partial charge is 0.338 e. The van der Waals surface area contributed by atoms with Crippen molar-refractivity contribution in [3.63, 3.8) is 0 Å². The van der Waals surface area contributed by atoms with Gasteiger partial charge in [0.15, 0.2) is 16.9 Å². The van der Waals surface area contributed by atoms with Gasteiger partial charge in [-0.3, -0.25) is 39.0 Å². The van der Waals surface area contributed by atoms with Crippen LogP contribution in [0.4, 0.5) is 13.2 Å². The Kier molecular flexibility index (Phi) is 35.4. The number of amidine groups is 1. The normalized spacial score (nSPS) is 21.0. The number of aliphatic carboxylic acids is 4. The SMILES string of the molecule is CCOC(=O)C1=C(CN2CCC[C@H]2C(=O)O)NC(n2cccn2)=NC1c1ccc(F)cc1Br.CCOC(=O)C1=C(CN2CCOC(C(=O)O)C2)NC(n2cccn2)=NC1c1ccc(F)cc1Br.CCOC(=O)C1=C(CN2CCOCC2C(=O)O)NC(c2ncc(C)s2)=NC1c1ccc(Cl)cc1Cl.CCOC(=O)C1=C(CN2CCOCC2C(=O)O)NC(n2cccn2)=NC1c1ccc(F)cc1Br. The van der Waals surface area contributed by atoms with E-state index in [2.05, 4.69) is 89.3 Å². The van der Waals surface area contributed by atoms with Gasteiger partial charge in [0.25, 0.3) is 0 Å². The highest BCUT2D eigenvalue weighted by Crippen LogP contribution is 2.43. The summed E-state index contributed by atoms with van der Waals surface area (Å²) in [4.78, 5) is 131. The van der Waals surface area contributed by atoms with Crippen molar-refractivity contribution < 1.29 is 105 Å². The van der Waals surface area contributed by atoms with Crippen molar-refractivity contribution in [1.82, 2.24) is 75.2 Å². The largest absolute Gasteiger partial charge is 0.480 e. The third-order valence-electron chi connectivity index (χ3n) is 22.1. The average Bonchev–Trinajstić information content (AvgIpc) is 1.35. The minimum Gasteiger partial charge on any atom is -0.480 e. The zero-order valence-corrected chi connectivity index (χ0v) is 80.6. The number of carboxylic acids is 4. The molecular weight excluding hydrogens is 2040 g/mol. The number of aliphatic imine (C=N–C) groups is 4. The molecule has 0 radical (unpaired) electrons. The fourth-order valence-electron chi connectivity index (χ4n) is 15.8. The number of hydrogen-bond acceptors (Lipinski definition) is 32. The molecule has 4 aromatic carbocycles. The van der Waals surface area contributed by atoms with Gasteiger partial charge in [0, 0.05) is 152 Å². The molecule has 136 heavy (non-hydrogen) atoms. The summed E-state index contributed by atoms with van der Waals surface area (Å²) in [5.41, 5.74) is 5.08. The van der Waals surface area contributed by atoms with E-state index in [1.165, 1.54) is 61.8 Å². The molecular formula is C89H93Br3Cl2F3N19O19S. The molecule has 8 N–H and O–H groups in total. The second-order valence-electron chi connectivity index (χ2n) is 30.9. The molecule has 12 heterocycles. The number of ether oxygens (including phenoxy) is 7. The van der Waals surface area contributed by atoms with Gasteiger partial charge in [-0.2, -0.15) is 15.3 Å². The topological polar surface area (TPSA) is 459 Å². The molecule has 8 aromatic rings. The zero-order chi connectivity index (χ0) is 97.1. The van der Waals surface area contributed by atoms with E-state index >= 15 is 0 Å². The molecule has 8 aliphatic heterocycles. The van der Waals surface area contributed by atoms with Crippen molar-refractivity contribution >= 4 is 154 Å². The number of carbonyl (C=O) groups is 8. The highest BCUT2D eigenvalue weighted by molar-refractivity contribution is 9.11. The van der Waals surface area contributed by atoms with Crippen LogP contribution >= 0.6 is 82.3 Å². The Morgan fingerprint density at radius 2 is 0.875 bits per heavy atom. The fourth-order valence-corrected chi connectivity index (χ4v) is 18.7. The van der Waals surface area contributed by atoms with Crippen LogP contribution in [0.15, 0.2) is 213 Å². The number of thiazole rings is 1. The molecule has 4 saturated heterocycles. The van der Waals surface area contributed by atoms with Crippen molar-refractivity contribution in [2.24, 2.45) is 20.0 Å². The van der Waals surface area contributed by atoms with E-state index in [1.54, 1.807) is 135 Å². The molecule has 0 spiro atoms. The van der Waals surface area contributed by atoms with Gasteiger partial charge in [0.1, 0.15) is 59.7 Å². The molecule has 720 valence electrons. The van der Waals surface area contributed by atoms with E-state index in [4.69, 9.17) is 76.3 Å². The second-order valence-corrected chi connectivity index (χ2v) is 35.5. The Hall–Kier alpha value is -11.7. The van der Waals surface area contributed by atoms with Crippen molar-refractivity contribution in [1.29, 1.82) is 0 Å². The first-order valence-electron chi connectivity index (χ1n) is 42.8. The Morgan fingerprint density at radius 3 is 1.24 bits per heavy atom. The van der Waals surface area contributed by atoms with Crippen molar-refractivity contribution in [3.8, 4) is 0 Å². The molecule has 0 amide bonds. The molecule has 47 heteroatoms. The summed E-state index contributed by atoms with van der Waals surface area (Å²) in [7, 11) is 0. The fraction of sp³-hybridized carbons (Fsp3) is 0.371. The Labute approximate surface area is 815 Å². The van der Waals surface area contributed by atoms with Gasteiger partial charge in [-0.05, 0) is 137 Å². The predicted octanol–water partition coefficient (Wildman–Crippen LogP) is 10.0. The second kappa shape index (κ2) is 47.4. The summed E-state index contributed by atoms with van der Waals surface area (Å²) in [6.07, 6.45) is 11.9.